The summed E-state index contributed by atoms with van der Waals surface area (Å²) in [5.74, 6) is -1.54. The molecule has 0 radical (unpaired) electrons. The first-order valence-corrected chi connectivity index (χ1v) is 13.4. The van der Waals surface area contributed by atoms with E-state index in [0.717, 1.165) is 34.7 Å². The molecule has 8 heteroatoms. The van der Waals surface area contributed by atoms with Gasteiger partial charge in [-0.3, -0.25) is 9.59 Å². The fourth-order valence-electron chi connectivity index (χ4n) is 5.06. The fraction of sp³-hybridized carbons (Fsp3) is 0.741. The molecule has 0 saturated carbocycles. The predicted molar refractivity (Wildman–Crippen MR) is 136 cm³/mol. The Morgan fingerprint density at radius 1 is 1.23 bits per heavy atom. The summed E-state index contributed by atoms with van der Waals surface area (Å²) in [7, 11) is 0. The zero-order valence-electron chi connectivity index (χ0n) is 22.0. The van der Waals surface area contributed by atoms with Crippen LogP contribution in [0.4, 0.5) is 0 Å². The highest BCUT2D eigenvalue weighted by atomic mass is 32.1. The van der Waals surface area contributed by atoms with E-state index in [1.54, 1.807) is 38.3 Å². The maximum atomic E-state index is 13.2. The van der Waals surface area contributed by atoms with Gasteiger partial charge in [0.25, 0.3) is 0 Å². The summed E-state index contributed by atoms with van der Waals surface area (Å²) < 4.78 is 11.9. The summed E-state index contributed by atoms with van der Waals surface area (Å²) in [5, 5.41) is 22.7. The Bertz CT molecular complexity index is 955. The third-order valence-corrected chi connectivity index (χ3v) is 8.78. The Kier molecular flexibility index (Phi) is 8.62. The number of hydrogen-bond acceptors (Lipinski definition) is 8. The molecule has 7 nitrogen and oxygen atoms in total. The minimum Gasteiger partial charge on any atom is -0.458 e. The van der Waals surface area contributed by atoms with Crippen LogP contribution in [0.2, 0.25) is 0 Å². The van der Waals surface area contributed by atoms with Crippen LogP contribution in [-0.4, -0.2) is 57.0 Å². The van der Waals surface area contributed by atoms with Gasteiger partial charge in [0.05, 0.1) is 40.8 Å². The molecule has 0 bridgehead atoms. The maximum absolute atomic E-state index is 13.2. The normalized spacial score (nSPS) is 37.5. The molecule has 35 heavy (non-hydrogen) atoms. The van der Waals surface area contributed by atoms with Crippen LogP contribution in [0.3, 0.4) is 0 Å². The number of ether oxygens (including phenoxy) is 2. The number of esters is 1. The second-order valence-corrected chi connectivity index (χ2v) is 12.5. The van der Waals surface area contributed by atoms with Crippen LogP contribution >= 0.6 is 11.3 Å². The quantitative estimate of drug-likeness (QED) is 0.449. The van der Waals surface area contributed by atoms with Crippen LogP contribution in [0.15, 0.2) is 11.8 Å². The number of thiazole rings is 1. The van der Waals surface area contributed by atoms with E-state index in [1.807, 2.05) is 26.8 Å². The highest BCUT2D eigenvalue weighted by molar-refractivity contribution is 7.12. The first-order chi connectivity index (χ1) is 16.2. The molecule has 2 aliphatic rings. The standard InChI is InChI=1S/C27H41NO6S/c1-15-9-8-10-27(7)22(34-27)12-20(16(2)11-19-14-28-18(4)35-19)33-23(30)13-21(29)26(5,6)25(32)17(3)24(15)31/h11,14-15,17,20-22,24,29,31H,8-10,12-13H2,1-7H3/t15-,17+,20?,21-,22?,24?,27+/m0/s1. The van der Waals surface area contributed by atoms with E-state index in [4.69, 9.17) is 9.47 Å². The first kappa shape index (κ1) is 28.0. The summed E-state index contributed by atoms with van der Waals surface area (Å²) in [5.41, 5.74) is -0.609. The number of nitrogens with zero attached hydrogens (tertiary/aromatic N) is 1. The van der Waals surface area contributed by atoms with Gasteiger partial charge in [0.15, 0.2) is 0 Å². The van der Waals surface area contributed by atoms with Crippen LogP contribution in [0.25, 0.3) is 6.08 Å². The molecule has 3 unspecified atom stereocenters. The second-order valence-electron chi connectivity index (χ2n) is 11.3. The number of hydrogen-bond donors (Lipinski definition) is 2. The molecule has 2 aliphatic heterocycles. The van der Waals surface area contributed by atoms with E-state index < -0.39 is 35.6 Å². The molecule has 2 fully saturated rings. The number of Topliss-reactive ketones (excluding diaryl/α,β-unsaturated/α-hetero) is 1. The number of fused-ring (bicyclic) bond motifs is 1. The Labute approximate surface area is 212 Å². The molecule has 196 valence electrons. The number of aromatic nitrogens is 1. The van der Waals surface area contributed by atoms with Gasteiger partial charge >= 0.3 is 5.97 Å². The number of cyclic esters (lactones) is 1. The maximum Gasteiger partial charge on any atom is 0.309 e. The summed E-state index contributed by atoms with van der Waals surface area (Å²) in [6.07, 6.45) is 3.88. The zero-order valence-corrected chi connectivity index (χ0v) is 22.9. The zero-order chi connectivity index (χ0) is 26.1. The van der Waals surface area contributed by atoms with Crippen molar-refractivity contribution in [1.82, 2.24) is 4.98 Å². The molecule has 0 aromatic carbocycles. The fourth-order valence-corrected chi connectivity index (χ4v) is 5.85. The van der Waals surface area contributed by atoms with Crippen LogP contribution < -0.4 is 0 Å². The number of epoxide rings is 1. The molecule has 0 spiro atoms. The largest absolute Gasteiger partial charge is 0.458 e. The summed E-state index contributed by atoms with van der Waals surface area (Å²) in [6, 6.07) is 0. The van der Waals surface area contributed by atoms with Gasteiger partial charge in [0, 0.05) is 23.4 Å². The second kappa shape index (κ2) is 10.8. The monoisotopic (exact) mass is 507 g/mol. The molecule has 3 rings (SSSR count). The van der Waals surface area contributed by atoms with Crippen molar-refractivity contribution in [2.24, 2.45) is 17.3 Å². The van der Waals surface area contributed by atoms with Gasteiger partial charge in [0.1, 0.15) is 11.9 Å². The van der Waals surface area contributed by atoms with Gasteiger partial charge in [-0.05, 0) is 51.2 Å². The van der Waals surface area contributed by atoms with E-state index >= 15 is 0 Å². The van der Waals surface area contributed by atoms with Crippen molar-refractivity contribution in [3.05, 3.63) is 21.7 Å². The molecule has 0 aliphatic carbocycles. The van der Waals surface area contributed by atoms with E-state index in [0.29, 0.717) is 6.42 Å². The highest BCUT2D eigenvalue weighted by Crippen LogP contribution is 2.45. The average molecular weight is 508 g/mol. The smallest absolute Gasteiger partial charge is 0.309 e. The van der Waals surface area contributed by atoms with E-state index in [9.17, 15) is 19.8 Å². The number of rotatable bonds is 2. The minimum atomic E-state index is -1.23. The Hall–Kier alpha value is -1.61. The van der Waals surface area contributed by atoms with Crippen molar-refractivity contribution in [2.45, 2.75) is 111 Å². The molecule has 1 aromatic rings. The Morgan fingerprint density at radius 3 is 2.54 bits per heavy atom. The van der Waals surface area contributed by atoms with Gasteiger partial charge < -0.3 is 19.7 Å². The molecule has 1 aromatic heterocycles. The van der Waals surface area contributed by atoms with E-state index in [1.165, 1.54) is 0 Å². The average Bonchev–Trinajstić information content (AvgIpc) is 3.22. The topological polar surface area (TPSA) is 109 Å². The molecule has 2 saturated heterocycles. The molecule has 7 atom stereocenters. The highest BCUT2D eigenvalue weighted by Gasteiger charge is 2.53. The van der Waals surface area contributed by atoms with E-state index in [2.05, 4.69) is 11.9 Å². The van der Waals surface area contributed by atoms with Crippen molar-refractivity contribution in [3.8, 4) is 0 Å². The molecular formula is C27H41NO6S. The lowest BCUT2D eigenvalue weighted by atomic mass is 9.73. The van der Waals surface area contributed by atoms with Crippen LogP contribution in [0.5, 0.6) is 0 Å². The lowest BCUT2D eigenvalue weighted by molar-refractivity contribution is -0.154. The molecule has 0 amide bonds. The minimum absolute atomic E-state index is 0.0400. The lowest BCUT2D eigenvalue weighted by Gasteiger charge is -2.34. The molecule has 2 N–H and O–H groups in total. The van der Waals surface area contributed by atoms with Gasteiger partial charge in [-0.1, -0.05) is 34.1 Å². The molecule has 3 heterocycles. The lowest BCUT2D eigenvalue weighted by Crippen LogP contribution is -2.45. The van der Waals surface area contributed by atoms with Gasteiger partial charge in [0.2, 0.25) is 0 Å². The number of aryl methyl sites for hydroxylation is 1. The van der Waals surface area contributed by atoms with Gasteiger partial charge in [-0.25, -0.2) is 4.98 Å². The van der Waals surface area contributed by atoms with E-state index in [-0.39, 0.29) is 29.8 Å². The Morgan fingerprint density at radius 2 is 1.91 bits per heavy atom. The van der Waals surface area contributed by atoms with Crippen LogP contribution in [-0.2, 0) is 19.1 Å². The SMILES string of the molecule is CC(=Cc1cnc(C)s1)C1CC2O[C@]2(C)CCC[C@H](C)C(O)[C@@H](C)C(=O)C(C)(C)[C@@H](O)CC(=O)O1. The predicted octanol–water partition coefficient (Wildman–Crippen LogP) is 4.48. The third kappa shape index (κ3) is 6.59. The first-order valence-electron chi connectivity index (χ1n) is 12.6. The van der Waals surface area contributed by atoms with Crippen LogP contribution in [0.1, 0.15) is 83.5 Å². The van der Waals surface area contributed by atoms with Gasteiger partial charge in [-0.15, -0.1) is 11.3 Å². The van der Waals surface area contributed by atoms with Crippen molar-refractivity contribution in [2.75, 3.05) is 0 Å². The summed E-state index contributed by atoms with van der Waals surface area (Å²) in [6.45, 7) is 12.9. The number of aliphatic hydroxyl groups is 2. The third-order valence-electron chi connectivity index (χ3n) is 7.92. The van der Waals surface area contributed by atoms with Crippen molar-refractivity contribution >= 4 is 29.2 Å². The van der Waals surface area contributed by atoms with Crippen molar-refractivity contribution < 1.29 is 29.3 Å². The number of carbonyl (C=O) groups is 2. The van der Waals surface area contributed by atoms with Crippen LogP contribution in [0, 0.1) is 24.2 Å². The molecular weight excluding hydrogens is 466 g/mol. The van der Waals surface area contributed by atoms with Crippen molar-refractivity contribution in [1.29, 1.82) is 0 Å². The van der Waals surface area contributed by atoms with Crippen molar-refractivity contribution in [3.63, 3.8) is 0 Å². The van der Waals surface area contributed by atoms with Gasteiger partial charge in [-0.2, -0.15) is 0 Å². The number of carbonyl (C=O) groups excluding carboxylic acids is 2. The summed E-state index contributed by atoms with van der Waals surface area (Å²) >= 11 is 1.57. The number of ketones is 1. The Balaban J connectivity index is 1.85. The summed E-state index contributed by atoms with van der Waals surface area (Å²) in [4.78, 5) is 31.4. The number of aliphatic hydroxyl groups excluding tert-OH is 2.